The number of piperidine rings is 2. The Labute approximate surface area is 140 Å². The van der Waals surface area contributed by atoms with Crippen LogP contribution in [0.1, 0.15) is 22.3 Å². The van der Waals surface area contributed by atoms with Crippen LogP contribution in [0.15, 0.2) is 48.5 Å². The Hall–Kier alpha value is -2.62. The summed E-state index contributed by atoms with van der Waals surface area (Å²) in [6, 6.07) is 16.1. The number of amides is 2. The molecular weight excluding hydrogens is 300 g/mol. The lowest BCUT2D eigenvalue weighted by Crippen LogP contribution is -2.97. The predicted octanol–water partition coefficient (Wildman–Crippen LogP) is 1.90. The Balaban J connectivity index is 1.71. The molecule has 2 aromatic rings. The van der Waals surface area contributed by atoms with Crippen molar-refractivity contribution in [2.75, 3.05) is 0 Å². The lowest BCUT2D eigenvalue weighted by Gasteiger charge is -2.77. The summed E-state index contributed by atoms with van der Waals surface area (Å²) in [4.78, 5) is 25.0. The summed E-state index contributed by atoms with van der Waals surface area (Å²) < 4.78 is 0. The van der Waals surface area contributed by atoms with Gasteiger partial charge in [0.1, 0.15) is 0 Å². The number of fused-ring (bicyclic) bond motifs is 4. The Morgan fingerprint density at radius 2 is 1.08 bits per heavy atom. The smallest absolute Gasteiger partial charge is 0.229 e. The molecule has 2 saturated heterocycles. The molecule has 2 amide bonds. The van der Waals surface area contributed by atoms with Crippen LogP contribution in [0, 0.1) is 25.7 Å². The number of nitrogens with one attached hydrogen (secondary N) is 2. The van der Waals surface area contributed by atoms with Crippen LogP contribution < -0.4 is 10.6 Å². The van der Waals surface area contributed by atoms with Crippen LogP contribution in [0.2, 0.25) is 0 Å². The van der Waals surface area contributed by atoms with Gasteiger partial charge in [-0.15, -0.1) is 0 Å². The van der Waals surface area contributed by atoms with E-state index in [1.165, 1.54) is 0 Å². The first kappa shape index (κ1) is 13.8. The number of hydrogen-bond donors (Lipinski definition) is 2. The second kappa shape index (κ2) is 4.07. The topological polar surface area (TPSA) is 58.2 Å². The summed E-state index contributed by atoms with van der Waals surface area (Å²) in [7, 11) is 0. The van der Waals surface area contributed by atoms with Crippen LogP contribution in [0.5, 0.6) is 0 Å². The molecule has 5 rings (SSSR count). The molecule has 0 atom stereocenters. The predicted molar refractivity (Wildman–Crippen MR) is 89.0 cm³/mol. The van der Waals surface area contributed by atoms with Crippen molar-refractivity contribution in [1.29, 1.82) is 0 Å². The van der Waals surface area contributed by atoms with Gasteiger partial charge in [0, 0.05) is 0 Å². The highest BCUT2D eigenvalue weighted by molar-refractivity contribution is 6.05. The maximum Gasteiger partial charge on any atom is 0.229 e. The summed E-state index contributed by atoms with van der Waals surface area (Å²) in [5.74, 6) is -0.430. The van der Waals surface area contributed by atoms with E-state index in [1.807, 2.05) is 62.4 Å². The molecule has 0 unspecified atom stereocenters. The maximum absolute atomic E-state index is 12.5. The minimum Gasteiger partial charge on any atom is -0.344 e. The van der Waals surface area contributed by atoms with E-state index in [4.69, 9.17) is 0 Å². The van der Waals surface area contributed by atoms with Crippen LogP contribution in [-0.4, -0.2) is 11.8 Å². The van der Waals surface area contributed by atoms with Crippen LogP contribution in [-0.2, 0) is 20.7 Å². The lowest BCUT2D eigenvalue weighted by atomic mass is 9.35. The van der Waals surface area contributed by atoms with Gasteiger partial charge in [-0.3, -0.25) is 9.59 Å². The molecule has 1 saturated carbocycles. The Bertz CT molecular complexity index is 834. The van der Waals surface area contributed by atoms with Gasteiger partial charge in [-0.05, 0) is 36.1 Å². The SMILES string of the molecule is Cc1ccccc1C12NC(=O)C1C1(c3ccccc3C)NC(=O)C21. The standard InChI is InChI=1S/C20H18N2O2/c1-11-7-3-5-9-13(11)19-15(17(23)21-19)20(16(19)18(24)22-20)14-10-6-4-8-12(14)2/h3-10,15-16H,1-2H3,(H,21,23)(H,22,24). The molecular formula is C20H18N2O2. The molecule has 4 nitrogen and oxygen atoms in total. The highest BCUT2D eigenvalue weighted by atomic mass is 16.2. The molecule has 24 heavy (non-hydrogen) atoms. The van der Waals surface area contributed by atoms with Crippen molar-refractivity contribution in [3.63, 3.8) is 0 Å². The zero-order valence-electron chi connectivity index (χ0n) is 13.6. The van der Waals surface area contributed by atoms with Crippen molar-refractivity contribution in [1.82, 2.24) is 10.6 Å². The summed E-state index contributed by atoms with van der Waals surface area (Å²) in [5.41, 5.74) is 3.26. The molecule has 120 valence electrons. The number of β-lactam (4-membered cyclic amide) rings is 2. The van der Waals surface area contributed by atoms with Gasteiger partial charge in [0.25, 0.3) is 0 Å². The minimum absolute atomic E-state index is 0.0257. The van der Waals surface area contributed by atoms with Gasteiger partial charge in [-0.25, -0.2) is 0 Å². The molecule has 0 bridgehead atoms. The van der Waals surface area contributed by atoms with E-state index in [9.17, 15) is 9.59 Å². The van der Waals surface area contributed by atoms with E-state index in [0.717, 1.165) is 22.3 Å². The summed E-state index contributed by atoms with van der Waals surface area (Å²) in [6.45, 7) is 4.08. The first-order valence-corrected chi connectivity index (χ1v) is 8.29. The van der Waals surface area contributed by atoms with Gasteiger partial charge in [0.05, 0.1) is 22.9 Å². The number of carbonyl (C=O) groups is 2. The fourth-order valence-corrected chi connectivity index (χ4v) is 5.30. The Morgan fingerprint density at radius 1 is 0.708 bits per heavy atom. The molecule has 2 aliphatic heterocycles. The third-order valence-electron chi connectivity index (χ3n) is 6.19. The van der Waals surface area contributed by atoms with Crippen LogP contribution in [0.4, 0.5) is 0 Å². The monoisotopic (exact) mass is 318 g/mol. The minimum atomic E-state index is -0.549. The average molecular weight is 318 g/mol. The highest BCUT2D eigenvalue weighted by Crippen LogP contribution is 2.71. The number of hydrogen-bond acceptors (Lipinski definition) is 2. The second-order valence-electron chi connectivity index (χ2n) is 7.21. The van der Waals surface area contributed by atoms with E-state index < -0.39 is 11.1 Å². The van der Waals surface area contributed by atoms with Crippen molar-refractivity contribution in [2.45, 2.75) is 24.9 Å². The summed E-state index contributed by atoms with van der Waals surface area (Å²) in [6.07, 6.45) is 0. The van der Waals surface area contributed by atoms with Crippen LogP contribution in [0.25, 0.3) is 0 Å². The van der Waals surface area contributed by atoms with Crippen molar-refractivity contribution >= 4 is 11.8 Å². The van der Waals surface area contributed by atoms with Crippen molar-refractivity contribution in [2.24, 2.45) is 11.8 Å². The van der Waals surface area contributed by atoms with E-state index in [0.29, 0.717) is 0 Å². The molecule has 4 heteroatoms. The van der Waals surface area contributed by atoms with Crippen molar-refractivity contribution in [3.8, 4) is 0 Å². The molecule has 2 aromatic carbocycles. The third-order valence-corrected chi connectivity index (χ3v) is 6.19. The van der Waals surface area contributed by atoms with Gasteiger partial charge in [0.2, 0.25) is 11.8 Å². The first-order valence-electron chi connectivity index (χ1n) is 8.29. The summed E-state index contributed by atoms with van der Waals surface area (Å²) >= 11 is 0. The Kier molecular flexibility index (Phi) is 2.34. The molecule has 2 N–H and O–H groups in total. The first-order chi connectivity index (χ1) is 11.5. The zero-order valence-corrected chi connectivity index (χ0v) is 13.6. The molecule has 2 heterocycles. The Morgan fingerprint density at radius 3 is 1.42 bits per heavy atom. The van der Waals surface area contributed by atoms with E-state index in [1.54, 1.807) is 0 Å². The van der Waals surface area contributed by atoms with Gasteiger partial charge in [-0.1, -0.05) is 48.5 Å². The molecule has 0 spiro atoms. The van der Waals surface area contributed by atoms with E-state index >= 15 is 0 Å². The quantitative estimate of drug-likeness (QED) is 0.831. The molecule has 0 aromatic heterocycles. The van der Waals surface area contributed by atoms with Gasteiger partial charge >= 0.3 is 0 Å². The summed E-state index contributed by atoms with van der Waals surface area (Å²) in [5, 5.41) is 6.18. The fourth-order valence-electron chi connectivity index (χ4n) is 5.30. The number of rotatable bonds is 2. The van der Waals surface area contributed by atoms with Gasteiger partial charge < -0.3 is 10.6 Å². The maximum atomic E-state index is 12.5. The molecule has 1 aliphatic carbocycles. The number of benzene rings is 2. The molecule has 3 aliphatic rings. The largest absolute Gasteiger partial charge is 0.344 e. The fraction of sp³-hybridized carbons (Fsp3) is 0.300. The van der Waals surface area contributed by atoms with E-state index in [-0.39, 0.29) is 23.7 Å². The molecule has 3 fully saturated rings. The third kappa shape index (κ3) is 1.22. The van der Waals surface area contributed by atoms with Crippen molar-refractivity contribution in [3.05, 3.63) is 70.8 Å². The van der Waals surface area contributed by atoms with Gasteiger partial charge in [0.15, 0.2) is 0 Å². The number of aryl methyl sites for hydroxylation is 2. The number of carbonyl (C=O) groups excluding carboxylic acids is 2. The highest BCUT2D eigenvalue weighted by Gasteiger charge is 2.87. The second-order valence-corrected chi connectivity index (χ2v) is 7.21. The van der Waals surface area contributed by atoms with Crippen molar-refractivity contribution < 1.29 is 9.59 Å². The zero-order chi connectivity index (χ0) is 16.7. The van der Waals surface area contributed by atoms with E-state index in [2.05, 4.69) is 10.6 Å². The van der Waals surface area contributed by atoms with Crippen LogP contribution >= 0.6 is 0 Å². The normalized spacial score (nSPS) is 35.4. The molecule has 0 radical (unpaired) electrons. The van der Waals surface area contributed by atoms with Gasteiger partial charge in [-0.2, -0.15) is 0 Å². The lowest BCUT2D eigenvalue weighted by molar-refractivity contribution is -0.230. The van der Waals surface area contributed by atoms with Crippen LogP contribution in [0.3, 0.4) is 0 Å². The average Bonchev–Trinajstić information content (AvgIpc) is 2.53.